The molecule has 0 aliphatic heterocycles. The van der Waals surface area contributed by atoms with E-state index in [1.807, 2.05) is 0 Å². The average Bonchev–Trinajstić information content (AvgIpc) is 2.43. The summed E-state index contributed by atoms with van der Waals surface area (Å²) in [4.78, 5) is 0. The minimum Gasteiger partial charge on any atom is -0.330 e. The maximum absolute atomic E-state index is 5.44. The number of rotatable bonds is 16. The number of nitrogens with one attached hydrogen (secondary N) is 3. The van der Waals surface area contributed by atoms with E-state index < -0.39 is 0 Å². The van der Waals surface area contributed by atoms with E-state index in [0.717, 1.165) is 65.2 Å². The van der Waals surface area contributed by atoms with Gasteiger partial charge in [0.05, 0.1) is 0 Å². The third-order valence-electron chi connectivity index (χ3n) is 3.03. The van der Waals surface area contributed by atoms with Crippen LogP contribution in [0.2, 0.25) is 0 Å². The molecule has 0 heterocycles. The van der Waals surface area contributed by atoms with Gasteiger partial charge in [-0.15, -0.1) is 0 Å². The molecule has 0 aliphatic rings. The van der Waals surface area contributed by atoms with Crippen LogP contribution >= 0.6 is 0 Å². The van der Waals surface area contributed by atoms with Crippen molar-refractivity contribution in [2.24, 2.45) is 11.5 Å². The second kappa shape index (κ2) is 17.8. The summed E-state index contributed by atoms with van der Waals surface area (Å²) in [5, 5.41) is 10.3. The van der Waals surface area contributed by atoms with Gasteiger partial charge in [0.25, 0.3) is 0 Å². The van der Waals surface area contributed by atoms with Gasteiger partial charge in [-0.1, -0.05) is 0 Å². The summed E-state index contributed by atoms with van der Waals surface area (Å²) >= 11 is 0. The highest BCUT2D eigenvalue weighted by atomic mass is 14.9. The SMILES string of the molecule is NCCCCNCCCCNCCCNCCCN. The van der Waals surface area contributed by atoms with Crippen LogP contribution in [0, 0.1) is 0 Å². The van der Waals surface area contributed by atoms with E-state index in [1.165, 1.54) is 25.7 Å². The molecular weight excluding hydrogens is 238 g/mol. The van der Waals surface area contributed by atoms with E-state index in [-0.39, 0.29) is 0 Å². The van der Waals surface area contributed by atoms with E-state index in [2.05, 4.69) is 16.0 Å². The fraction of sp³-hybridized carbons (Fsp3) is 1.00. The zero-order valence-corrected chi connectivity index (χ0v) is 12.6. The normalized spacial score (nSPS) is 11.1. The quantitative estimate of drug-likeness (QED) is 0.256. The minimum absolute atomic E-state index is 0.783. The monoisotopic (exact) mass is 273 g/mol. The molecule has 5 nitrogen and oxygen atoms in total. The van der Waals surface area contributed by atoms with Crippen molar-refractivity contribution in [2.45, 2.75) is 38.5 Å². The van der Waals surface area contributed by atoms with Crippen molar-refractivity contribution in [3.05, 3.63) is 0 Å². The maximum Gasteiger partial charge on any atom is -0.00368 e. The first-order valence-electron chi connectivity index (χ1n) is 7.94. The molecule has 5 heteroatoms. The molecule has 0 bridgehead atoms. The zero-order chi connectivity index (χ0) is 14.0. The molecule has 0 saturated heterocycles. The number of unbranched alkanes of at least 4 members (excludes halogenated alkanes) is 2. The summed E-state index contributed by atoms with van der Waals surface area (Å²) < 4.78 is 0. The van der Waals surface area contributed by atoms with Crippen molar-refractivity contribution in [1.29, 1.82) is 0 Å². The second-order valence-corrected chi connectivity index (χ2v) is 4.95. The van der Waals surface area contributed by atoms with Gasteiger partial charge in [0.1, 0.15) is 0 Å². The fourth-order valence-corrected chi connectivity index (χ4v) is 1.83. The predicted octanol–water partition coefficient (Wildman–Crippen LogP) is 0.0132. The molecule has 0 radical (unpaired) electrons. The predicted molar refractivity (Wildman–Crippen MR) is 84.4 cm³/mol. The molecule has 0 saturated carbocycles. The molecule has 0 amide bonds. The highest BCUT2D eigenvalue weighted by Crippen LogP contribution is 1.87. The van der Waals surface area contributed by atoms with Gasteiger partial charge in [-0.3, -0.25) is 0 Å². The molecule has 0 unspecified atom stereocenters. The molecule has 0 spiro atoms. The van der Waals surface area contributed by atoms with Crippen LogP contribution in [0.1, 0.15) is 38.5 Å². The Kier molecular flexibility index (Phi) is 17.6. The highest BCUT2D eigenvalue weighted by Gasteiger charge is 1.91. The topological polar surface area (TPSA) is 88.1 Å². The first kappa shape index (κ1) is 18.8. The lowest BCUT2D eigenvalue weighted by atomic mass is 10.3. The Morgan fingerprint density at radius 3 is 1.26 bits per heavy atom. The third-order valence-corrected chi connectivity index (χ3v) is 3.03. The van der Waals surface area contributed by atoms with Crippen LogP contribution in [0.3, 0.4) is 0 Å². The Hall–Kier alpha value is -0.200. The molecule has 0 fully saturated rings. The molecule has 0 aromatic rings. The van der Waals surface area contributed by atoms with Crippen molar-refractivity contribution in [3.63, 3.8) is 0 Å². The van der Waals surface area contributed by atoms with Crippen LogP contribution in [-0.2, 0) is 0 Å². The van der Waals surface area contributed by atoms with Crippen LogP contribution in [0.5, 0.6) is 0 Å². The largest absolute Gasteiger partial charge is 0.330 e. The van der Waals surface area contributed by atoms with E-state index in [1.54, 1.807) is 0 Å². The summed E-state index contributed by atoms with van der Waals surface area (Å²) in [5.74, 6) is 0. The smallest absolute Gasteiger partial charge is 0.00368 e. The molecule has 0 atom stereocenters. The third kappa shape index (κ3) is 17.8. The molecule has 0 aromatic heterocycles. The van der Waals surface area contributed by atoms with Gasteiger partial charge in [-0.05, 0) is 90.9 Å². The molecule has 0 aromatic carbocycles. The van der Waals surface area contributed by atoms with Gasteiger partial charge in [-0.2, -0.15) is 0 Å². The molecule has 0 rings (SSSR count). The summed E-state index contributed by atoms with van der Waals surface area (Å²) in [7, 11) is 0. The Bertz CT molecular complexity index is 139. The standard InChI is InChI=1S/C14H35N5/c15-7-1-2-9-17-10-3-4-11-18-13-6-14-19-12-5-8-16/h17-19H,1-16H2. The molecule has 0 aliphatic carbocycles. The fourth-order valence-electron chi connectivity index (χ4n) is 1.83. The van der Waals surface area contributed by atoms with E-state index in [4.69, 9.17) is 11.5 Å². The Morgan fingerprint density at radius 1 is 0.421 bits per heavy atom. The van der Waals surface area contributed by atoms with Gasteiger partial charge in [0.2, 0.25) is 0 Å². The number of hydrogen-bond donors (Lipinski definition) is 5. The average molecular weight is 273 g/mol. The van der Waals surface area contributed by atoms with Crippen LogP contribution in [0.4, 0.5) is 0 Å². The van der Waals surface area contributed by atoms with Crippen LogP contribution in [-0.4, -0.2) is 52.4 Å². The second-order valence-electron chi connectivity index (χ2n) is 4.95. The Labute approximate surface area is 119 Å². The lowest BCUT2D eigenvalue weighted by molar-refractivity contribution is 0.550. The van der Waals surface area contributed by atoms with Gasteiger partial charge in [0, 0.05) is 0 Å². The lowest BCUT2D eigenvalue weighted by Crippen LogP contribution is -2.25. The Balaban J connectivity index is 2.88. The molecule has 19 heavy (non-hydrogen) atoms. The molecular formula is C14H35N5. The van der Waals surface area contributed by atoms with Gasteiger partial charge in [0.15, 0.2) is 0 Å². The van der Waals surface area contributed by atoms with Gasteiger partial charge >= 0.3 is 0 Å². The Morgan fingerprint density at radius 2 is 0.789 bits per heavy atom. The van der Waals surface area contributed by atoms with Crippen LogP contribution in [0.15, 0.2) is 0 Å². The lowest BCUT2D eigenvalue weighted by Gasteiger charge is -2.07. The summed E-state index contributed by atoms with van der Waals surface area (Å²) in [6, 6.07) is 0. The van der Waals surface area contributed by atoms with Gasteiger partial charge in [-0.25, -0.2) is 0 Å². The number of hydrogen-bond acceptors (Lipinski definition) is 5. The first-order valence-corrected chi connectivity index (χ1v) is 7.94. The van der Waals surface area contributed by atoms with E-state index in [0.29, 0.717) is 0 Å². The van der Waals surface area contributed by atoms with Crippen molar-refractivity contribution in [2.75, 3.05) is 52.4 Å². The minimum atomic E-state index is 0.783. The van der Waals surface area contributed by atoms with Crippen LogP contribution in [0.25, 0.3) is 0 Å². The summed E-state index contributed by atoms with van der Waals surface area (Å²) in [5.41, 5.74) is 10.9. The number of nitrogens with two attached hydrogens (primary N) is 2. The van der Waals surface area contributed by atoms with Gasteiger partial charge < -0.3 is 27.4 Å². The first-order chi connectivity index (χ1) is 9.41. The maximum atomic E-state index is 5.44. The summed E-state index contributed by atoms with van der Waals surface area (Å²) in [6.45, 7) is 8.22. The van der Waals surface area contributed by atoms with Crippen molar-refractivity contribution in [3.8, 4) is 0 Å². The van der Waals surface area contributed by atoms with Crippen LogP contribution < -0.4 is 27.4 Å². The summed E-state index contributed by atoms with van der Waals surface area (Å²) in [6.07, 6.45) is 7.11. The van der Waals surface area contributed by atoms with Crippen molar-refractivity contribution >= 4 is 0 Å². The van der Waals surface area contributed by atoms with Crippen molar-refractivity contribution in [1.82, 2.24) is 16.0 Å². The van der Waals surface area contributed by atoms with Crippen molar-refractivity contribution < 1.29 is 0 Å². The van der Waals surface area contributed by atoms with E-state index >= 15 is 0 Å². The molecule has 7 N–H and O–H groups in total. The zero-order valence-electron chi connectivity index (χ0n) is 12.6. The molecule has 116 valence electrons. The van der Waals surface area contributed by atoms with E-state index in [9.17, 15) is 0 Å². The highest BCUT2D eigenvalue weighted by molar-refractivity contribution is 4.54.